The summed E-state index contributed by atoms with van der Waals surface area (Å²) in [5, 5.41) is 0.293. The molecule has 148 valence electrons. The summed E-state index contributed by atoms with van der Waals surface area (Å²) in [4.78, 5) is 27.8. The summed E-state index contributed by atoms with van der Waals surface area (Å²) in [6, 6.07) is 10.8. The van der Waals surface area contributed by atoms with Gasteiger partial charge in [-0.3, -0.25) is 9.59 Å². The Morgan fingerprint density at radius 2 is 1.76 bits per heavy atom. The number of carbonyl (C=O) groups is 1. The summed E-state index contributed by atoms with van der Waals surface area (Å²) in [5.74, 6) is -1.57. The van der Waals surface area contributed by atoms with Crippen molar-refractivity contribution in [2.75, 3.05) is 11.5 Å². The van der Waals surface area contributed by atoms with Gasteiger partial charge in [-0.25, -0.2) is 12.8 Å². The minimum Gasteiger partial charge on any atom is -0.450 e. The Balaban J connectivity index is 1.79. The summed E-state index contributed by atoms with van der Waals surface area (Å²) < 4.78 is 44.6. The van der Waals surface area contributed by atoms with E-state index in [1.54, 1.807) is 30.3 Å². The zero-order valence-corrected chi connectivity index (χ0v) is 16.0. The van der Waals surface area contributed by atoms with E-state index in [2.05, 4.69) is 0 Å². The Labute approximate surface area is 165 Å². The number of para-hydroxylation sites is 1. The molecule has 0 aliphatic carbocycles. The molecule has 1 aromatic heterocycles. The second-order valence-corrected chi connectivity index (χ2v) is 9.59. The maximum atomic E-state index is 14.7. The SMILES string of the molecule is O=C1c2oc3ccccc3c(=O)c2[C@@H](c2ccccc2F)N1[C@@H]1CCS(=O)(=O)C1. The van der Waals surface area contributed by atoms with Crippen LogP contribution in [0.3, 0.4) is 0 Å². The fourth-order valence-corrected chi connectivity index (χ4v) is 6.02. The van der Waals surface area contributed by atoms with Gasteiger partial charge in [-0.1, -0.05) is 30.3 Å². The topological polar surface area (TPSA) is 84.7 Å². The van der Waals surface area contributed by atoms with Gasteiger partial charge < -0.3 is 9.32 Å². The zero-order valence-electron chi connectivity index (χ0n) is 15.2. The van der Waals surface area contributed by atoms with Crippen LogP contribution in [0.15, 0.2) is 57.7 Å². The van der Waals surface area contributed by atoms with Crippen molar-refractivity contribution >= 4 is 26.7 Å². The Kier molecular flexibility index (Phi) is 3.89. The van der Waals surface area contributed by atoms with Gasteiger partial charge in [-0.15, -0.1) is 0 Å². The highest BCUT2D eigenvalue weighted by molar-refractivity contribution is 7.91. The highest BCUT2D eigenvalue weighted by atomic mass is 32.2. The maximum Gasteiger partial charge on any atom is 0.291 e. The molecule has 3 aromatic rings. The molecule has 2 atom stereocenters. The monoisotopic (exact) mass is 413 g/mol. The number of halogens is 1. The summed E-state index contributed by atoms with van der Waals surface area (Å²) >= 11 is 0. The number of amides is 1. The number of benzene rings is 2. The van der Waals surface area contributed by atoms with Crippen molar-refractivity contribution in [1.82, 2.24) is 4.90 Å². The molecule has 1 fully saturated rings. The van der Waals surface area contributed by atoms with Crippen molar-refractivity contribution in [2.24, 2.45) is 0 Å². The van der Waals surface area contributed by atoms with Crippen LogP contribution in [-0.4, -0.2) is 36.8 Å². The predicted octanol–water partition coefficient (Wildman–Crippen LogP) is 2.66. The largest absolute Gasteiger partial charge is 0.450 e. The van der Waals surface area contributed by atoms with Crippen molar-refractivity contribution in [3.8, 4) is 0 Å². The van der Waals surface area contributed by atoms with E-state index in [-0.39, 0.29) is 40.4 Å². The Hall–Kier alpha value is -3.00. The van der Waals surface area contributed by atoms with Crippen molar-refractivity contribution in [3.05, 3.63) is 81.5 Å². The lowest BCUT2D eigenvalue weighted by atomic mass is 9.97. The molecule has 0 bridgehead atoms. The van der Waals surface area contributed by atoms with Crippen molar-refractivity contribution < 1.29 is 22.0 Å². The number of carbonyl (C=O) groups excluding carboxylic acids is 1. The molecule has 6 nitrogen and oxygen atoms in total. The average Bonchev–Trinajstić information content (AvgIpc) is 3.19. The van der Waals surface area contributed by atoms with Gasteiger partial charge in [0.05, 0.1) is 28.5 Å². The van der Waals surface area contributed by atoms with Crippen molar-refractivity contribution in [1.29, 1.82) is 0 Å². The Bertz CT molecular complexity index is 1330. The van der Waals surface area contributed by atoms with E-state index in [0.29, 0.717) is 5.39 Å². The minimum absolute atomic E-state index is 0.0505. The van der Waals surface area contributed by atoms with E-state index in [1.165, 1.54) is 23.1 Å². The quantitative estimate of drug-likeness (QED) is 0.645. The van der Waals surface area contributed by atoms with Gasteiger partial charge in [0, 0.05) is 11.6 Å². The lowest BCUT2D eigenvalue weighted by Gasteiger charge is -2.30. The second kappa shape index (κ2) is 6.25. The van der Waals surface area contributed by atoms with Crippen LogP contribution in [0.2, 0.25) is 0 Å². The lowest BCUT2D eigenvalue weighted by Crippen LogP contribution is -2.40. The third-order valence-electron chi connectivity index (χ3n) is 5.61. The normalized spacial score (nSPS) is 22.9. The van der Waals surface area contributed by atoms with E-state index in [1.807, 2.05) is 0 Å². The van der Waals surface area contributed by atoms with Crippen LogP contribution in [-0.2, 0) is 9.84 Å². The maximum absolute atomic E-state index is 14.7. The molecule has 0 N–H and O–H groups in total. The number of hydrogen-bond donors (Lipinski definition) is 0. The third-order valence-corrected chi connectivity index (χ3v) is 7.37. The van der Waals surface area contributed by atoms with Crippen LogP contribution >= 0.6 is 0 Å². The third kappa shape index (κ3) is 2.70. The Morgan fingerprint density at radius 1 is 1.03 bits per heavy atom. The molecule has 2 aliphatic rings. The summed E-state index contributed by atoms with van der Waals surface area (Å²) in [7, 11) is -3.30. The molecule has 0 unspecified atom stereocenters. The number of hydrogen-bond acceptors (Lipinski definition) is 5. The molecule has 0 saturated carbocycles. The summed E-state index contributed by atoms with van der Waals surface area (Å²) in [6.45, 7) is 0. The van der Waals surface area contributed by atoms with Gasteiger partial charge in [0.25, 0.3) is 5.91 Å². The van der Waals surface area contributed by atoms with Crippen LogP contribution in [0.5, 0.6) is 0 Å². The first-order valence-corrected chi connectivity index (χ1v) is 11.0. The Morgan fingerprint density at radius 3 is 2.48 bits per heavy atom. The smallest absolute Gasteiger partial charge is 0.291 e. The lowest BCUT2D eigenvalue weighted by molar-refractivity contribution is 0.0660. The van der Waals surface area contributed by atoms with Gasteiger partial charge in [0.1, 0.15) is 11.4 Å². The predicted molar refractivity (Wildman–Crippen MR) is 104 cm³/mol. The van der Waals surface area contributed by atoms with E-state index >= 15 is 0 Å². The first kappa shape index (κ1) is 18.1. The highest BCUT2D eigenvalue weighted by Gasteiger charge is 2.49. The van der Waals surface area contributed by atoms with Gasteiger partial charge in [-0.2, -0.15) is 0 Å². The van der Waals surface area contributed by atoms with Crippen molar-refractivity contribution in [2.45, 2.75) is 18.5 Å². The minimum atomic E-state index is -3.30. The molecule has 0 spiro atoms. The number of nitrogens with zero attached hydrogens (tertiary/aromatic N) is 1. The van der Waals surface area contributed by atoms with Gasteiger partial charge in [0.15, 0.2) is 15.3 Å². The molecule has 0 radical (unpaired) electrons. The van der Waals surface area contributed by atoms with E-state index in [9.17, 15) is 22.4 Å². The molecule has 5 rings (SSSR count). The van der Waals surface area contributed by atoms with Crippen LogP contribution in [0, 0.1) is 5.82 Å². The molecule has 1 amide bonds. The van der Waals surface area contributed by atoms with Gasteiger partial charge in [0.2, 0.25) is 5.76 Å². The first-order valence-electron chi connectivity index (χ1n) is 9.20. The average molecular weight is 413 g/mol. The van der Waals surface area contributed by atoms with E-state index < -0.39 is 39.1 Å². The van der Waals surface area contributed by atoms with Crippen LogP contribution in [0.4, 0.5) is 4.39 Å². The van der Waals surface area contributed by atoms with Crippen LogP contribution < -0.4 is 5.43 Å². The molecule has 1 saturated heterocycles. The zero-order chi connectivity index (χ0) is 20.3. The number of sulfone groups is 1. The molecular weight excluding hydrogens is 397 g/mol. The molecular formula is C21H16FNO5S. The number of rotatable bonds is 2. The fourth-order valence-electron chi connectivity index (χ4n) is 4.31. The second-order valence-electron chi connectivity index (χ2n) is 7.36. The summed E-state index contributed by atoms with van der Waals surface area (Å²) in [5.41, 5.74) is 0.0548. The molecule has 2 aliphatic heterocycles. The standard InChI is InChI=1S/C21H16FNO5S/c22-15-7-3-1-5-13(15)18-17-19(24)14-6-2-4-8-16(14)28-20(17)21(25)23(18)12-9-10-29(26,27)11-12/h1-8,12,18H,9-11H2/t12-,18-/m1/s1. The fraction of sp³-hybridized carbons (Fsp3) is 0.238. The van der Waals surface area contributed by atoms with Crippen LogP contribution in [0.1, 0.15) is 34.1 Å². The van der Waals surface area contributed by atoms with Crippen LogP contribution in [0.25, 0.3) is 11.0 Å². The molecule has 29 heavy (non-hydrogen) atoms. The van der Waals surface area contributed by atoms with Gasteiger partial charge >= 0.3 is 0 Å². The molecule has 2 aromatic carbocycles. The van der Waals surface area contributed by atoms with Crippen molar-refractivity contribution in [3.63, 3.8) is 0 Å². The van der Waals surface area contributed by atoms with E-state index in [4.69, 9.17) is 4.42 Å². The van der Waals surface area contributed by atoms with Gasteiger partial charge in [-0.05, 0) is 24.6 Å². The molecule has 8 heteroatoms. The summed E-state index contributed by atoms with van der Waals surface area (Å²) in [6.07, 6.45) is 0.237. The highest BCUT2D eigenvalue weighted by Crippen LogP contribution is 2.42. The van der Waals surface area contributed by atoms with E-state index in [0.717, 1.165) is 0 Å². The first-order chi connectivity index (χ1) is 13.9. The number of fused-ring (bicyclic) bond motifs is 2. The molecule has 3 heterocycles.